The molecule has 0 radical (unpaired) electrons. The summed E-state index contributed by atoms with van der Waals surface area (Å²) in [5.41, 5.74) is 9.62. The number of benzene rings is 2. The number of likely N-dealkylation sites (tertiary alicyclic amines) is 1. The molecular weight excluding hydrogens is 514 g/mol. The Kier molecular flexibility index (Phi) is 6.30. The van der Waals surface area contributed by atoms with E-state index in [1.807, 2.05) is 49.4 Å². The summed E-state index contributed by atoms with van der Waals surface area (Å²) in [5.74, 6) is -1.92. The van der Waals surface area contributed by atoms with Gasteiger partial charge in [-0.15, -0.1) is 0 Å². The van der Waals surface area contributed by atoms with Crippen LogP contribution in [0.5, 0.6) is 0 Å². The summed E-state index contributed by atoms with van der Waals surface area (Å²) in [5, 5.41) is 11.3. The fraction of sp³-hybridized carbons (Fsp3) is 0.241. The van der Waals surface area contributed by atoms with Crippen LogP contribution in [-0.2, 0) is 20.1 Å². The molecule has 11 heteroatoms. The lowest BCUT2D eigenvalue weighted by atomic mass is 10.1. The Bertz CT molecular complexity index is 1670. The fourth-order valence-corrected chi connectivity index (χ4v) is 5.07. The highest BCUT2D eigenvalue weighted by Crippen LogP contribution is 2.32. The van der Waals surface area contributed by atoms with Crippen molar-refractivity contribution in [1.29, 1.82) is 0 Å². The van der Waals surface area contributed by atoms with E-state index < -0.39 is 24.9 Å². The molecule has 0 unspecified atom stereocenters. The number of nitrogens with one attached hydrogen (secondary N) is 3. The smallest absolute Gasteiger partial charge is 0.282 e. The minimum Gasteiger partial charge on any atom is -0.340 e. The van der Waals surface area contributed by atoms with E-state index in [-0.39, 0.29) is 0 Å². The Morgan fingerprint density at radius 2 is 1.90 bits per heavy atom. The third-order valence-corrected chi connectivity index (χ3v) is 7.32. The minimum absolute atomic E-state index is 0.370. The maximum Gasteiger partial charge on any atom is 0.282 e. The molecule has 4 heterocycles. The molecule has 0 aliphatic carbocycles. The number of carbonyl (C=O) groups is 1. The molecule has 1 amide bonds. The van der Waals surface area contributed by atoms with Crippen LogP contribution in [-0.4, -0.2) is 51.1 Å². The van der Waals surface area contributed by atoms with Gasteiger partial charge in [-0.3, -0.25) is 10.2 Å². The first-order chi connectivity index (χ1) is 19.2. The van der Waals surface area contributed by atoms with E-state index in [2.05, 4.69) is 27.9 Å². The first-order valence-corrected chi connectivity index (χ1v) is 12.9. The highest BCUT2D eigenvalue weighted by molar-refractivity contribution is 6.00. The van der Waals surface area contributed by atoms with Crippen molar-refractivity contribution >= 4 is 40.6 Å². The Morgan fingerprint density at radius 1 is 1.12 bits per heavy atom. The molecule has 40 heavy (non-hydrogen) atoms. The van der Waals surface area contributed by atoms with Crippen LogP contribution in [0.1, 0.15) is 34.2 Å². The predicted octanol–water partition coefficient (Wildman–Crippen LogP) is 4.64. The van der Waals surface area contributed by atoms with E-state index in [0.717, 1.165) is 50.4 Å². The van der Waals surface area contributed by atoms with Crippen LogP contribution in [0.3, 0.4) is 0 Å². The molecule has 3 N–H and O–H groups in total. The molecule has 1 fully saturated rings. The number of allylic oxidation sites excluding steroid dienone is 1. The second kappa shape index (κ2) is 9.83. The summed E-state index contributed by atoms with van der Waals surface area (Å²) in [4.78, 5) is 23.7. The molecule has 2 aromatic heterocycles. The van der Waals surface area contributed by atoms with E-state index in [4.69, 9.17) is 9.97 Å². The van der Waals surface area contributed by atoms with Crippen molar-refractivity contribution in [2.75, 3.05) is 18.4 Å². The van der Waals surface area contributed by atoms with E-state index in [9.17, 15) is 13.6 Å². The molecule has 9 nitrogen and oxygen atoms in total. The SMILES string of the molecule is C=NN/C=C(\C)c1ccc(Nc2nc(-c3ccc4cc(C(=O)N5CC(F)(F)C5)n(C)c4c3)nc3c2CNC3)cc1. The molecule has 0 spiro atoms. The molecule has 6 rings (SSSR count). The van der Waals surface area contributed by atoms with Gasteiger partial charge in [0, 0.05) is 60.8 Å². The van der Waals surface area contributed by atoms with Gasteiger partial charge in [0.05, 0.1) is 18.8 Å². The maximum absolute atomic E-state index is 13.3. The Labute approximate surface area is 229 Å². The molecule has 1 saturated heterocycles. The molecule has 0 bridgehead atoms. The second-order valence-corrected chi connectivity index (χ2v) is 10.1. The van der Waals surface area contributed by atoms with Gasteiger partial charge in [-0.05, 0) is 42.3 Å². The van der Waals surface area contributed by atoms with Crippen LogP contribution in [0.4, 0.5) is 20.3 Å². The van der Waals surface area contributed by atoms with Crippen molar-refractivity contribution in [3.05, 3.63) is 77.2 Å². The number of fused-ring (bicyclic) bond motifs is 2. The molecule has 2 aliphatic rings. The molecule has 2 aliphatic heterocycles. The topological polar surface area (TPSA) is 99.5 Å². The third kappa shape index (κ3) is 4.68. The average molecular weight is 543 g/mol. The molecule has 204 valence electrons. The van der Waals surface area contributed by atoms with E-state index >= 15 is 0 Å². The maximum atomic E-state index is 13.3. The van der Waals surface area contributed by atoms with E-state index in [0.29, 0.717) is 24.6 Å². The molecule has 0 saturated carbocycles. The van der Waals surface area contributed by atoms with Crippen molar-refractivity contribution < 1.29 is 13.6 Å². The third-order valence-electron chi connectivity index (χ3n) is 7.32. The summed E-state index contributed by atoms with van der Waals surface area (Å²) in [7, 11) is 1.77. The van der Waals surface area contributed by atoms with Crippen LogP contribution in [0.25, 0.3) is 27.9 Å². The monoisotopic (exact) mass is 542 g/mol. The Hall–Kier alpha value is -4.64. The zero-order chi connectivity index (χ0) is 28.0. The van der Waals surface area contributed by atoms with E-state index in [1.165, 1.54) is 4.90 Å². The van der Waals surface area contributed by atoms with Gasteiger partial charge in [-0.1, -0.05) is 24.3 Å². The van der Waals surface area contributed by atoms with E-state index in [1.54, 1.807) is 23.9 Å². The molecule has 4 aromatic rings. The number of rotatable bonds is 7. The lowest BCUT2D eigenvalue weighted by Gasteiger charge is -2.38. The zero-order valence-corrected chi connectivity index (χ0v) is 22.1. The second-order valence-electron chi connectivity index (χ2n) is 10.1. The first kappa shape index (κ1) is 25.6. The molecule has 2 aromatic carbocycles. The van der Waals surface area contributed by atoms with Gasteiger partial charge in [0.2, 0.25) is 0 Å². The van der Waals surface area contributed by atoms with Crippen molar-refractivity contribution in [3.63, 3.8) is 0 Å². The van der Waals surface area contributed by atoms with Crippen molar-refractivity contribution in [3.8, 4) is 11.4 Å². The van der Waals surface area contributed by atoms with Gasteiger partial charge < -0.3 is 20.1 Å². The van der Waals surface area contributed by atoms with Crippen molar-refractivity contribution in [2.24, 2.45) is 12.1 Å². The average Bonchev–Trinajstić information content (AvgIpc) is 3.54. The number of aryl methyl sites for hydroxylation is 1. The van der Waals surface area contributed by atoms with Gasteiger partial charge in [0.15, 0.2) is 5.82 Å². The number of alkyl halides is 2. The molecule has 0 atom stereocenters. The van der Waals surface area contributed by atoms with Crippen LogP contribution in [0, 0.1) is 0 Å². The number of halogens is 2. The quantitative estimate of drug-likeness (QED) is 0.233. The summed E-state index contributed by atoms with van der Waals surface area (Å²) in [6.45, 7) is 5.61. The number of hydrazone groups is 1. The van der Waals surface area contributed by atoms with Gasteiger partial charge in [-0.25, -0.2) is 18.7 Å². The Balaban J connectivity index is 1.30. The van der Waals surface area contributed by atoms with Gasteiger partial charge >= 0.3 is 0 Å². The Morgan fingerprint density at radius 3 is 2.62 bits per heavy atom. The van der Waals surface area contributed by atoms with Crippen LogP contribution in [0.2, 0.25) is 0 Å². The van der Waals surface area contributed by atoms with Gasteiger partial charge in [-0.2, -0.15) is 5.10 Å². The van der Waals surface area contributed by atoms with Gasteiger partial charge in [0.25, 0.3) is 11.8 Å². The normalized spacial score (nSPS) is 16.0. The van der Waals surface area contributed by atoms with Gasteiger partial charge in [0.1, 0.15) is 11.5 Å². The van der Waals surface area contributed by atoms with Crippen LogP contribution >= 0.6 is 0 Å². The number of hydrogen-bond acceptors (Lipinski definition) is 7. The number of carbonyl (C=O) groups excluding carboxylic acids is 1. The minimum atomic E-state index is -2.81. The summed E-state index contributed by atoms with van der Waals surface area (Å²) in [6, 6.07) is 15.5. The summed E-state index contributed by atoms with van der Waals surface area (Å²) >= 11 is 0. The highest BCUT2D eigenvalue weighted by Gasteiger charge is 2.46. The number of aromatic nitrogens is 3. The van der Waals surface area contributed by atoms with Crippen LogP contribution < -0.4 is 16.1 Å². The number of anilines is 2. The highest BCUT2D eigenvalue weighted by atomic mass is 19.3. The standard InChI is InChI=1S/C29H28F2N8O/c1-17(12-34-32-2)18-6-8-21(9-7-18)35-27-22-13-33-14-23(22)36-26(37-27)20-5-4-19-10-25(38(3)24(19)11-20)28(40)39-15-29(30,31)16-39/h4-12,33-34H,2,13-16H2,1,3H3,(H,35,36,37)/b17-12+. The lowest BCUT2D eigenvalue weighted by Crippen LogP contribution is -2.58. The van der Waals surface area contributed by atoms with Crippen LogP contribution in [0.15, 0.2) is 59.8 Å². The van der Waals surface area contributed by atoms with Crippen molar-refractivity contribution in [2.45, 2.75) is 25.9 Å². The largest absolute Gasteiger partial charge is 0.340 e. The number of nitrogens with zero attached hydrogens (tertiary/aromatic N) is 5. The number of hydrogen-bond donors (Lipinski definition) is 3. The first-order valence-electron chi connectivity index (χ1n) is 12.9. The predicted molar refractivity (Wildman–Crippen MR) is 151 cm³/mol. The number of amides is 1. The zero-order valence-electron chi connectivity index (χ0n) is 22.1. The van der Waals surface area contributed by atoms with Crippen molar-refractivity contribution in [1.82, 2.24) is 30.2 Å². The summed E-state index contributed by atoms with van der Waals surface area (Å²) in [6.07, 6.45) is 1.79. The fourth-order valence-electron chi connectivity index (χ4n) is 5.07. The summed E-state index contributed by atoms with van der Waals surface area (Å²) < 4.78 is 28.4. The molecular formula is C29H28F2N8O. The lowest BCUT2D eigenvalue weighted by molar-refractivity contribution is -0.113.